The van der Waals surface area contributed by atoms with E-state index >= 15 is 0 Å². The molecule has 0 radical (unpaired) electrons. The molecule has 0 amide bonds. The predicted molar refractivity (Wildman–Crippen MR) is 303 cm³/mol. The van der Waals surface area contributed by atoms with Crippen LogP contribution in [0.3, 0.4) is 0 Å². The van der Waals surface area contributed by atoms with Crippen LogP contribution in [0.1, 0.15) is 74.9 Å². The maximum atomic E-state index is 2.56. The summed E-state index contributed by atoms with van der Waals surface area (Å²) in [6.45, 7) is 14.4. The Morgan fingerprint density at radius 3 is 1.31 bits per heavy atom. The van der Waals surface area contributed by atoms with E-state index in [9.17, 15) is 0 Å². The van der Waals surface area contributed by atoms with Gasteiger partial charge in [-0.15, -0.1) is 0 Å². The summed E-state index contributed by atoms with van der Waals surface area (Å²) in [5.74, 6) is 0. The molecule has 3 heteroatoms. The van der Waals surface area contributed by atoms with Crippen LogP contribution in [0, 0.1) is 0 Å². The van der Waals surface area contributed by atoms with Crippen molar-refractivity contribution in [3.63, 3.8) is 0 Å². The fraction of sp³-hybridized carbons (Fsp3) is 0.130. The number of fused-ring (bicyclic) bond motifs is 11. The number of benzene rings is 10. The van der Waals surface area contributed by atoms with E-state index in [1.165, 1.54) is 94.3 Å². The van der Waals surface area contributed by atoms with Crippen LogP contribution in [0.5, 0.6) is 0 Å². The van der Waals surface area contributed by atoms with Gasteiger partial charge in [0.2, 0.25) is 0 Å². The third-order valence-corrected chi connectivity index (χ3v) is 16.7. The van der Waals surface area contributed by atoms with Crippen molar-refractivity contribution in [1.82, 2.24) is 4.57 Å². The summed E-state index contributed by atoms with van der Waals surface area (Å²) in [6, 6.07) is 83.9. The van der Waals surface area contributed by atoms with Gasteiger partial charge in [-0.1, -0.05) is 175 Å². The molecule has 0 saturated heterocycles. The van der Waals surface area contributed by atoms with Gasteiger partial charge in [0.05, 0.1) is 16.7 Å². The summed E-state index contributed by atoms with van der Waals surface area (Å²) >= 11 is 0. The number of para-hydroxylation sites is 3. The molecule has 3 nitrogen and oxygen atoms in total. The van der Waals surface area contributed by atoms with Crippen LogP contribution in [0.4, 0.5) is 34.1 Å². The molecule has 72 heavy (non-hydrogen) atoms. The van der Waals surface area contributed by atoms with E-state index < -0.39 is 0 Å². The minimum absolute atomic E-state index is 0.153. The lowest BCUT2D eigenvalue weighted by Gasteiger charge is -2.36. The molecular formula is C69H55N3. The smallest absolute Gasteiger partial charge is 0.0583 e. The minimum atomic E-state index is -0.286. The van der Waals surface area contributed by atoms with E-state index in [1.807, 2.05) is 0 Å². The standard InChI is InChI=1S/C69H55N3/c1-67(2)58-25-15-13-23-52(58)54-36-34-49(41-61(54)67)71(50-35-37-55-53-24-14-16-26-59(53)68(3,4)62(55)42-50)51-40-57-56-39-45(31-38-64(56)72-65-28-18-17-27-60(65)69(5,6)63(43-51)66(57)72)44-29-32-48(33-30-44)70(46-19-9-7-10-20-46)47-21-11-8-12-22-47/h7-43H,1-6H3. The first-order chi connectivity index (χ1) is 35.0. The average molecular weight is 926 g/mol. The van der Waals surface area contributed by atoms with E-state index in [4.69, 9.17) is 0 Å². The number of hydrogen-bond acceptors (Lipinski definition) is 2. The summed E-state index contributed by atoms with van der Waals surface area (Å²) in [5, 5.41) is 2.50. The van der Waals surface area contributed by atoms with E-state index in [-0.39, 0.29) is 16.2 Å². The van der Waals surface area contributed by atoms with Gasteiger partial charge in [-0.3, -0.25) is 0 Å². The Morgan fingerprint density at radius 1 is 0.292 bits per heavy atom. The van der Waals surface area contributed by atoms with Crippen LogP contribution in [-0.2, 0) is 16.2 Å². The topological polar surface area (TPSA) is 11.4 Å². The molecule has 2 aliphatic carbocycles. The van der Waals surface area contributed by atoms with Crippen molar-refractivity contribution >= 4 is 55.9 Å². The lowest BCUT2D eigenvalue weighted by atomic mass is 9.74. The fourth-order valence-corrected chi connectivity index (χ4v) is 13.0. The molecule has 1 aliphatic heterocycles. The van der Waals surface area contributed by atoms with Crippen LogP contribution in [0.2, 0.25) is 0 Å². The first-order valence-electron chi connectivity index (χ1n) is 25.5. The summed E-state index contributed by atoms with van der Waals surface area (Å²) < 4.78 is 2.55. The second-order valence-corrected chi connectivity index (χ2v) is 21.8. The number of anilines is 6. The third kappa shape index (κ3) is 6.04. The van der Waals surface area contributed by atoms with Crippen molar-refractivity contribution < 1.29 is 0 Å². The molecular weight excluding hydrogens is 871 g/mol. The van der Waals surface area contributed by atoms with Crippen molar-refractivity contribution in [1.29, 1.82) is 0 Å². The number of rotatable bonds is 7. The predicted octanol–water partition coefficient (Wildman–Crippen LogP) is 18.6. The Morgan fingerprint density at radius 2 is 0.722 bits per heavy atom. The Balaban J connectivity index is 0.987. The maximum absolute atomic E-state index is 2.56. The van der Waals surface area contributed by atoms with Crippen molar-refractivity contribution in [2.45, 2.75) is 57.8 Å². The van der Waals surface area contributed by atoms with E-state index in [0.717, 1.165) is 34.1 Å². The van der Waals surface area contributed by atoms with E-state index in [0.29, 0.717) is 0 Å². The summed E-state index contributed by atoms with van der Waals surface area (Å²) in [6.07, 6.45) is 0. The molecule has 0 fully saturated rings. The quantitative estimate of drug-likeness (QED) is 0.158. The van der Waals surface area contributed by atoms with Gasteiger partial charge in [0.15, 0.2) is 0 Å². The average Bonchev–Trinajstić information content (AvgIpc) is 3.95. The van der Waals surface area contributed by atoms with Gasteiger partial charge in [0, 0.05) is 61.1 Å². The fourth-order valence-electron chi connectivity index (χ4n) is 13.0. The third-order valence-electron chi connectivity index (χ3n) is 16.7. The molecule has 0 N–H and O–H groups in total. The molecule has 14 rings (SSSR count). The molecule has 11 aromatic rings. The zero-order valence-corrected chi connectivity index (χ0v) is 41.7. The number of aromatic nitrogens is 1. The normalized spacial score (nSPS) is 14.9. The van der Waals surface area contributed by atoms with Gasteiger partial charge >= 0.3 is 0 Å². The first kappa shape index (κ1) is 42.5. The Kier molecular flexibility index (Phi) is 9.03. The summed E-state index contributed by atoms with van der Waals surface area (Å²) in [5.41, 5.74) is 25.8. The Labute approximate surface area is 422 Å². The molecule has 0 unspecified atom stereocenters. The highest BCUT2D eigenvalue weighted by atomic mass is 15.1. The second kappa shape index (κ2) is 15.3. The highest BCUT2D eigenvalue weighted by molar-refractivity contribution is 6.14. The monoisotopic (exact) mass is 925 g/mol. The highest BCUT2D eigenvalue weighted by Gasteiger charge is 2.40. The highest BCUT2D eigenvalue weighted by Crippen LogP contribution is 2.55. The largest absolute Gasteiger partial charge is 0.311 e. The van der Waals surface area contributed by atoms with Crippen LogP contribution < -0.4 is 9.80 Å². The summed E-state index contributed by atoms with van der Waals surface area (Å²) in [7, 11) is 0. The molecule has 3 aliphatic rings. The van der Waals surface area contributed by atoms with Gasteiger partial charge in [-0.25, -0.2) is 0 Å². The van der Waals surface area contributed by atoms with Crippen molar-refractivity contribution in [2.24, 2.45) is 0 Å². The van der Waals surface area contributed by atoms with Crippen LogP contribution in [-0.4, -0.2) is 4.57 Å². The number of hydrogen-bond donors (Lipinski definition) is 0. The second-order valence-electron chi connectivity index (χ2n) is 21.8. The zero-order chi connectivity index (χ0) is 48.7. The van der Waals surface area contributed by atoms with Gasteiger partial charge in [0.1, 0.15) is 0 Å². The van der Waals surface area contributed by atoms with Gasteiger partial charge in [-0.05, 0) is 158 Å². The van der Waals surface area contributed by atoms with Crippen molar-refractivity contribution in [3.8, 4) is 39.1 Å². The molecule has 0 bridgehead atoms. The zero-order valence-electron chi connectivity index (χ0n) is 41.7. The van der Waals surface area contributed by atoms with E-state index in [2.05, 4.69) is 280 Å². The van der Waals surface area contributed by atoms with Gasteiger partial charge < -0.3 is 14.4 Å². The first-order valence-corrected chi connectivity index (χ1v) is 25.5. The molecule has 1 aromatic heterocycles. The lowest BCUT2D eigenvalue weighted by molar-refractivity contribution is 0.630. The molecule has 0 saturated carbocycles. The van der Waals surface area contributed by atoms with Crippen LogP contribution in [0.15, 0.2) is 224 Å². The minimum Gasteiger partial charge on any atom is -0.311 e. The van der Waals surface area contributed by atoms with Crippen LogP contribution >= 0.6 is 0 Å². The molecule has 0 spiro atoms. The van der Waals surface area contributed by atoms with Crippen LogP contribution in [0.25, 0.3) is 60.9 Å². The molecule has 0 atom stereocenters. The lowest BCUT2D eigenvalue weighted by Crippen LogP contribution is -2.26. The number of nitrogens with zero attached hydrogens (tertiary/aromatic N) is 3. The SMILES string of the molecule is CC1(C)c2ccccc2-c2ccc(N(c3ccc4c(c3)C(C)(C)c3ccccc3-4)c3cc4c5c(c3)c3cc(-c6ccc(N(c7ccccc7)c7ccccc7)cc6)ccc3n5-c3ccccc3C4(C)C)cc21. The van der Waals surface area contributed by atoms with Gasteiger partial charge in [0.25, 0.3) is 0 Å². The van der Waals surface area contributed by atoms with E-state index in [1.54, 1.807) is 0 Å². The van der Waals surface area contributed by atoms with Crippen molar-refractivity contribution in [2.75, 3.05) is 9.80 Å². The molecule has 2 heterocycles. The maximum Gasteiger partial charge on any atom is 0.0583 e. The van der Waals surface area contributed by atoms with Crippen molar-refractivity contribution in [3.05, 3.63) is 258 Å². The Hall–Kier alpha value is -8.40. The van der Waals surface area contributed by atoms with Gasteiger partial charge in [-0.2, -0.15) is 0 Å². The molecule has 10 aromatic carbocycles. The summed E-state index contributed by atoms with van der Waals surface area (Å²) in [4.78, 5) is 4.88. The molecule has 346 valence electrons. The Bertz CT molecular complexity index is 3860.